The average molecular weight is 334 g/mol. The van der Waals surface area contributed by atoms with E-state index in [1.54, 1.807) is 6.20 Å². The predicted molar refractivity (Wildman–Crippen MR) is 102 cm³/mol. The van der Waals surface area contributed by atoms with Crippen LogP contribution in [0.4, 0.5) is 10.5 Å². The molecular formula is C21H22N2O2. The number of anilines is 1. The van der Waals surface area contributed by atoms with Crippen LogP contribution in [-0.2, 0) is 4.74 Å². The van der Waals surface area contributed by atoms with Crippen molar-refractivity contribution in [2.24, 2.45) is 0 Å². The van der Waals surface area contributed by atoms with Gasteiger partial charge in [0.05, 0.1) is 5.52 Å². The first kappa shape index (κ1) is 17.0. The summed E-state index contributed by atoms with van der Waals surface area (Å²) in [5, 5.41) is 3.90. The van der Waals surface area contributed by atoms with Gasteiger partial charge >= 0.3 is 6.09 Å². The third kappa shape index (κ3) is 4.35. The van der Waals surface area contributed by atoms with E-state index in [0.29, 0.717) is 0 Å². The van der Waals surface area contributed by atoms with Crippen LogP contribution in [0.25, 0.3) is 22.0 Å². The van der Waals surface area contributed by atoms with Gasteiger partial charge in [-0.25, -0.2) is 4.79 Å². The molecule has 1 heterocycles. The number of nitrogens with one attached hydrogen (secondary N) is 1. The van der Waals surface area contributed by atoms with E-state index in [4.69, 9.17) is 4.74 Å². The SMILES string of the molecule is Cc1cc(NC(=O)OC(C)(C)C)cc(-c2ccc3ncccc3c2)c1. The smallest absolute Gasteiger partial charge is 0.412 e. The Labute approximate surface area is 147 Å². The van der Waals surface area contributed by atoms with E-state index in [1.165, 1.54) is 0 Å². The van der Waals surface area contributed by atoms with Crippen LogP contribution in [0.3, 0.4) is 0 Å². The molecular weight excluding hydrogens is 312 g/mol. The molecule has 0 aliphatic carbocycles. The summed E-state index contributed by atoms with van der Waals surface area (Å²) in [5.74, 6) is 0. The number of benzene rings is 2. The fraction of sp³-hybridized carbons (Fsp3) is 0.238. The molecule has 0 radical (unpaired) electrons. The summed E-state index contributed by atoms with van der Waals surface area (Å²) < 4.78 is 5.33. The van der Waals surface area contributed by atoms with E-state index in [1.807, 2.05) is 64.1 Å². The highest BCUT2D eigenvalue weighted by molar-refractivity contribution is 5.88. The Morgan fingerprint density at radius 2 is 1.84 bits per heavy atom. The molecule has 0 bridgehead atoms. The van der Waals surface area contributed by atoms with Crippen LogP contribution in [0.2, 0.25) is 0 Å². The van der Waals surface area contributed by atoms with Gasteiger partial charge in [-0.15, -0.1) is 0 Å². The summed E-state index contributed by atoms with van der Waals surface area (Å²) >= 11 is 0. The molecule has 0 aliphatic heterocycles. The van der Waals surface area contributed by atoms with Crippen molar-refractivity contribution in [1.82, 2.24) is 4.98 Å². The van der Waals surface area contributed by atoms with Crippen molar-refractivity contribution in [3.63, 3.8) is 0 Å². The first-order valence-electron chi connectivity index (χ1n) is 8.27. The third-order valence-corrected chi connectivity index (χ3v) is 3.66. The van der Waals surface area contributed by atoms with Gasteiger partial charge in [0, 0.05) is 17.3 Å². The van der Waals surface area contributed by atoms with Crippen LogP contribution >= 0.6 is 0 Å². The standard InChI is InChI=1S/C21H22N2O2/c1-14-10-17(13-18(11-14)23-20(24)25-21(2,3)4)15-7-8-19-16(12-15)6-5-9-22-19/h5-13H,1-4H3,(H,23,24). The molecule has 0 saturated heterocycles. The molecule has 1 amide bonds. The molecule has 4 nitrogen and oxygen atoms in total. The van der Waals surface area contributed by atoms with Gasteiger partial charge < -0.3 is 4.74 Å². The first-order valence-corrected chi connectivity index (χ1v) is 8.27. The molecule has 2 aromatic carbocycles. The second kappa shape index (κ2) is 6.55. The molecule has 3 aromatic rings. The number of amides is 1. The Kier molecular flexibility index (Phi) is 4.45. The molecule has 1 aromatic heterocycles. The molecule has 0 unspecified atom stereocenters. The molecule has 0 aliphatic rings. The van der Waals surface area contributed by atoms with Gasteiger partial charge in [-0.2, -0.15) is 0 Å². The van der Waals surface area contributed by atoms with Crippen molar-refractivity contribution in [1.29, 1.82) is 0 Å². The molecule has 4 heteroatoms. The molecule has 3 rings (SSSR count). The van der Waals surface area contributed by atoms with Crippen LogP contribution in [0, 0.1) is 6.92 Å². The number of carbonyl (C=O) groups excluding carboxylic acids is 1. The molecule has 128 valence electrons. The summed E-state index contributed by atoms with van der Waals surface area (Å²) in [6, 6.07) is 16.1. The number of aromatic nitrogens is 1. The highest BCUT2D eigenvalue weighted by atomic mass is 16.6. The van der Waals surface area contributed by atoms with E-state index in [2.05, 4.69) is 22.4 Å². The van der Waals surface area contributed by atoms with Crippen molar-refractivity contribution in [2.45, 2.75) is 33.3 Å². The molecule has 0 spiro atoms. The number of hydrogen-bond acceptors (Lipinski definition) is 3. The predicted octanol–water partition coefficient (Wildman–Crippen LogP) is 5.56. The lowest BCUT2D eigenvalue weighted by Gasteiger charge is -2.20. The van der Waals surface area contributed by atoms with Crippen LogP contribution in [0.15, 0.2) is 54.7 Å². The largest absolute Gasteiger partial charge is 0.444 e. The van der Waals surface area contributed by atoms with E-state index in [0.717, 1.165) is 33.3 Å². The fourth-order valence-electron chi connectivity index (χ4n) is 2.70. The minimum absolute atomic E-state index is 0.452. The quantitative estimate of drug-likeness (QED) is 0.668. The zero-order chi connectivity index (χ0) is 18.0. The van der Waals surface area contributed by atoms with Crippen LogP contribution in [0.5, 0.6) is 0 Å². The van der Waals surface area contributed by atoms with Crippen LogP contribution in [-0.4, -0.2) is 16.7 Å². The van der Waals surface area contributed by atoms with Gasteiger partial charge in [0.15, 0.2) is 0 Å². The van der Waals surface area contributed by atoms with E-state index >= 15 is 0 Å². The highest BCUT2D eigenvalue weighted by Gasteiger charge is 2.16. The van der Waals surface area contributed by atoms with Gasteiger partial charge in [0.1, 0.15) is 5.60 Å². The Hall–Kier alpha value is -2.88. The van der Waals surface area contributed by atoms with Crippen molar-refractivity contribution >= 4 is 22.7 Å². The highest BCUT2D eigenvalue weighted by Crippen LogP contribution is 2.27. The number of pyridine rings is 1. The van der Waals surface area contributed by atoms with Crippen LogP contribution in [0.1, 0.15) is 26.3 Å². The number of rotatable bonds is 2. The maximum atomic E-state index is 12.0. The summed E-state index contributed by atoms with van der Waals surface area (Å²) in [5.41, 5.74) is 4.34. The molecule has 0 fully saturated rings. The second-order valence-electron chi connectivity index (χ2n) is 7.13. The Balaban J connectivity index is 1.91. The van der Waals surface area contributed by atoms with Crippen molar-refractivity contribution in [3.8, 4) is 11.1 Å². The minimum atomic E-state index is -0.526. The van der Waals surface area contributed by atoms with Gasteiger partial charge in [0.2, 0.25) is 0 Å². The molecule has 25 heavy (non-hydrogen) atoms. The normalized spacial score (nSPS) is 11.4. The number of fused-ring (bicyclic) bond motifs is 1. The fourth-order valence-corrected chi connectivity index (χ4v) is 2.70. The first-order chi connectivity index (χ1) is 11.8. The van der Waals surface area contributed by atoms with E-state index in [9.17, 15) is 4.79 Å². The second-order valence-corrected chi connectivity index (χ2v) is 7.13. The molecule has 1 N–H and O–H groups in total. The lowest BCUT2D eigenvalue weighted by atomic mass is 10.0. The van der Waals surface area contributed by atoms with Gasteiger partial charge in [-0.1, -0.05) is 18.2 Å². The maximum absolute atomic E-state index is 12.0. The number of ether oxygens (including phenoxy) is 1. The van der Waals surface area contributed by atoms with Crippen molar-refractivity contribution in [2.75, 3.05) is 5.32 Å². The maximum Gasteiger partial charge on any atom is 0.412 e. The summed E-state index contributed by atoms with van der Waals surface area (Å²) in [6.45, 7) is 7.54. The number of nitrogens with zero attached hydrogens (tertiary/aromatic N) is 1. The van der Waals surface area contributed by atoms with Gasteiger partial charge in [0.25, 0.3) is 0 Å². The molecule has 0 atom stereocenters. The number of aryl methyl sites for hydroxylation is 1. The van der Waals surface area contributed by atoms with Gasteiger partial charge in [-0.3, -0.25) is 10.3 Å². The third-order valence-electron chi connectivity index (χ3n) is 3.66. The summed E-state index contributed by atoms with van der Waals surface area (Å²) in [7, 11) is 0. The average Bonchev–Trinajstić information content (AvgIpc) is 2.52. The number of hydrogen-bond donors (Lipinski definition) is 1. The zero-order valence-corrected chi connectivity index (χ0v) is 15.0. The van der Waals surface area contributed by atoms with E-state index < -0.39 is 11.7 Å². The van der Waals surface area contributed by atoms with Crippen molar-refractivity contribution in [3.05, 3.63) is 60.3 Å². The summed E-state index contributed by atoms with van der Waals surface area (Å²) in [6.07, 6.45) is 1.34. The zero-order valence-electron chi connectivity index (χ0n) is 15.0. The Bertz CT molecular complexity index is 927. The lowest BCUT2D eigenvalue weighted by Crippen LogP contribution is -2.27. The van der Waals surface area contributed by atoms with Crippen LogP contribution < -0.4 is 5.32 Å². The molecule has 0 saturated carbocycles. The van der Waals surface area contributed by atoms with Gasteiger partial charge in [-0.05, 0) is 74.7 Å². The summed E-state index contributed by atoms with van der Waals surface area (Å²) in [4.78, 5) is 16.4. The number of carbonyl (C=O) groups is 1. The Morgan fingerprint density at radius 1 is 1.04 bits per heavy atom. The minimum Gasteiger partial charge on any atom is -0.444 e. The van der Waals surface area contributed by atoms with Crippen molar-refractivity contribution < 1.29 is 9.53 Å². The lowest BCUT2D eigenvalue weighted by molar-refractivity contribution is 0.0636. The Morgan fingerprint density at radius 3 is 2.60 bits per heavy atom. The van der Waals surface area contributed by atoms with E-state index in [-0.39, 0.29) is 0 Å². The monoisotopic (exact) mass is 334 g/mol. The topological polar surface area (TPSA) is 51.2 Å².